The van der Waals surface area contributed by atoms with E-state index in [4.69, 9.17) is 19.5 Å². The zero-order chi connectivity index (χ0) is 20.8. The quantitative estimate of drug-likeness (QED) is 0.711. The van der Waals surface area contributed by atoms with Crippen LogP contribution in [0.1, 0.15) is 22.8 Å². The molecule has 1 aliphatic heterocycles. The number of benzene rings is 2. The van der Waals surface area contributed by atoms with Gasteiger partial charge in [0.15, 0.2) is 17.6 Å². The van der Waals surface area contributed by atoms with E-state index in [2.05, 4.69) is 10.6 Å². The second kappa shape index (κ2) is 8.75. The lowest BCUT2D eigenvalue weighted by Gasteiger charge is -2.14. The molecule has 0 fully saturated rings. The third-order valence-corrected chi connectivity index (χ3v) is 4.01. The smallest absolute Gasteiger partial charge is 0.326 e. The predicted molar refractivity (Wildman–Crippen MR) is 100 cm³/mol. The minimum Gasteiger partial charge on any atom is -0.454 e. The van der Waals surface area contributed by atoms with E-state index in [1.165, 1.54) is 19.1 Å². The van der Waals surface area contributed by atoms with E-state index < -0.39 is 30.4 Å². The number of carbonyl (C=O) groups is 3. The summed E-state index contributed by atoms with van der Waals surface area (Å²) in [5, 5.41) is 14.0. The summed E-state index contributed by atoms with van der Waals surface area (Å²) in [7, 11) is 0. The van der Waals surface area contributed by atoms with Crippen molar-refractivity contribution >= 4 is 23.5 Å². The Kier molecular flexibility index (Phi) is 5.94. The molecule has 2 aromatic carbocycles. The summed E-state index contributed by atoms with van der Waals surface area (Å²) in [5.74, 6) is -0.888. The number of esters is 1. The minimum absolute atomic E-state index is 0.0888. The summed E-state index contributed by atoms with van der Waals surface area (Å²) in [6, 6.07) is 13.1. The normalized spacial score (nSPS) is 12.4. The Morgan fingerprint density at radius 2 is 1.93 bits per heavy atom. The molecular formula is C20H17N3O6. The average molecular weight is 395 g/mol. The Morgan fingerprint density at radius 1 is 1.17 bits per heavy atom. The molecule has 0 aliphatic carbocycles. The van der Waals surface area contributed by atoms with Crippen LogP contribution in [0.4, 0.5) is 5.69 Å². The number of fused-ring (bicyclic) bond motifs is 1. The monoisotopic (exact) mass is 395 g/mol. The van der Waals surface area contributed by atoms with Crippen molar-refractivity contribution in [2.75, 3.05) is 18.7 Å². The van der Waals surface area contributed by atoms with Crippen molar-refractivity contribution in [3.8, 4) is 17.6 Å². The fourth-order valence-corrected chi connectivity index (χ4v) is 2.51. The van der Waals surface area contributed by atoms with Crippen molar-refractivity contribution in [3.05, 3.63) is 53.6 Å². The second-order valence-corrected chi connectivity index (χ2v) is 6.03. The Bertz CT molecular complexity index is 998. The molecule has 1 aliphatic rings. The van der Waals surface area contributed by atoms with Crippen LogP contribution in [0.5, 0.6) is 11.5 Å². The maximum atomic E-state index is 12.2. The van der Waals surface area contributed by atoms with Crippen molar-refractivity contribution in [2.24, 2.45) is 0 Å². The largest absolute Gasteiger partial charge is 0.454 e. The fourth-order valence-electron chi connectivity index (χ4n) is 2.51. The molecule has 2 aromatic rings. The summed E-state index contributed by atoms with van der Waals surface area (Å²) in [6.07, 6.45) is -1.11. The molecule has 0 spiro atoms. The van der Waals surface area contributed by atoms with E-state index in [9.17, 15) is 14.4 Å². The molecule has 2 amide bonds. The predicted octanol–water partition coefficient (Wildman–Crippen LogP) is 1.59. The number of carbonyl (C=O) groups excluding carboxylic acids is 3. The molecular weight excluding hydrogens is 378 g/mol. The second-order valence-electron chi connectivity index (χ2n) is 6.03. The topological polar surface area (TPSA) is 127 Å². The van der Waals surface area contributed by atoms with Gasteiger partial charge in [0, 0.05) is 5.56 Å². The Labute approximate surface area is 166 Å². The maximum absolute atomic E-state index is 12.2. The standard InChI is InChI=1S/C20H17N3O6/c1-12(19(25)23-15-5-3-2-4-14(15)9-21)29-18(24)10-22-20(26)13-6-7-16-17(8-13)28-11-27-16/h2-8,12H,10-11H2,1H3,(H,22,26)(H,23,25). The molecule has 9 nitrogen and oxygen atoms in total. The van der Waals surface area contributed by atoms with E-state index in [1.807, 2.05) is 6.07 Å². The Hall–Kier alpha value is -4.06. The first-order valence-corrected chi connectivity index (χ1v) is 8.65. The van der Waals surface area contributed by atoms with Gasteiger partial charge >= 0.3 is 5.97 Å². The van der Waals surface area contributed by atoms with Gasteiger partial charge < -0.3 is 24.8 Å². The van der Waals surface area contributed by atoms with Crippen LogP contribution in [0, 0.1) is 11.3 Å². The van der Waals surface area contributed by atoms with E-state index in [-0.39, 0.29) is 12.4 Å². The first-order valence-electron chi connectivity index (χ1n) is 8.65. The molecule has 148 valence electrons. The highest BCUT2D eigenvalue weighted by atomic mass is 16.7. The molecule has 0 bridgehead atoms. The van der Waals surface area contributed by atoms with Gasteiger partial charge in [-0.2, -0.15) is 5.26 Å². The molecule has 0 saturated carbocycles. The van der Waals surface area contributed by atoms with Crippen LogP contribution < -0.4 is 20.1 Å². The summed E-state index contributed by atoms with van der Waals surface area (Å²) < 4.78 is 15.4. The van der Waals surface area contributed by atoms with Crippen LogP contribution >= 0.6 is 0 Å². The van der Waals surface area contributed by atoms with Crippen molar-refractivity contribution < 1.29 is 28.6 Å². The van der Waals surface area contributed by atoms with Crippen LogP contribution in [0.15, 0.2) is 42.5 Å². The van der Waals surface area contributed by atoms with Gasteiger partial charge in [0.05, 0.1) is 11.3 Å². The van der Waals surface area contributed by atoms with Crippen molar-refractivity contribution in [3.63, 3.8) is 0 Å². The average Bonchev–Trinajstić information content (AvgIpc) is 3.20. The highest BCUT2D eigenvalue weighted by molar-refractivity contribution is 5.98. The van der Waals surface area contributed by atoms with Gasteiger partial charge in [-0.25, -0.2) is 0 Å². The first-order chi connectivity index (χ1) is 14.0. The van der Waals surface area contributed by atoms with Crippen LogP contribution in [-0.4, -0.2) is 37.2 Å². The van der Waals surface area contributed by atoms with Crippen LogP contribution in [0.3, 0.4) is 0 Å². The van der Waals surface area contributed by atoms with Crippen LogP contribution in [0.25, 0.3) is 0 Å². The van der Waals surface area contributed by atoms with Crippen LogP contribution in [0.2, 0.25) is 0 Å². The maximum Gasteiger partial charge on any atom is 0.326 e. The Morgan fingerprint density at radius 3 is 2.72 bits per heavy atom. The SMILES string of the molecule is CC(OC(=O)CNC(=O)c1ccc2c(c1)OCO2)C(=O)Nc1ccccc1C#N. The fraction of sp³-hybridized carbons (Fsp3) is 0.200. The molecule has 3 rings (SSSR count). The number of para-hydroxylation sites is 1. The number of amides is 2. The number of ether oxygens (including phenoxy) is 3. The molecule has 1 unspecified atom stereocenters. The lowest BCUT2D eigenvalue weighted by atomic mass is 10.2. The minimum atomic E-state index is -1.11. The van der Waals surface area contributed by atoms with E-state index in [0.717, 1.165) is 0 Å². The van der Waals surface area contributed by atoms with Crippen molar-refractivity contribution in [1.82, 2.24) is 5.32 Å². The van der Waals surface area contributed by atoms with E-state index >= 15 is 0 Å². The molecule has 29 heavy (non-hydrogen) atoms. The summed E-state index contributed by atoms with van der Waals surface area (Å²) in [5.41, 5.74) is 0.898. The zero-order valence-electron chi connectivity index (χ0n) is 15.4. The van der Waals surface area contributed by atoms with E-state index in [1.54, 1.807) is 30.3 Å². The summed E-state index contributed by atoms with van der Waals surface area (Å²) in [4.78, 5) is 36.3. The third-order valence-electron chi connectivity index (χ3n) is 4.01. The number of hydrogen-bond donors (Lipinski definition) is 2. The van der Waals surface area contributed by atoms with Crippen LogP contribution in [-0.2, 0) is 14.3 Å². The van der Waals surface area contributed by atoms with Gasteiger partial charge in [0.25, 0.3) is 11.8 Å². The number of nitrogens with one attached hydrogen (secondary N) is 2. The molecule has 0 radical (unpaired) electrons. The number of nitriles is 1. The highest BCUT2D eigenvalue weighted by Crippen LogP contribution is 2.32. The number of anilines is 1. The van der Waals surface area contributed by atoms with E-state index in [0.29, 0.717) is 22.7 Å². The van der Waals surface area contributed by atoms with Crippen molar-refractivity contribution in [2.45, 2.75) is 13.0 Å². The molecule has 1 heterocycles. The number of hydrogen-bond acceptors (Lipinski definition) is 7. The van der Waals surface area contributed by atoms with Gasteiger partial charge in [-0.05, 0) is 37.3 Å². The lowest BCUT2D eigenvalue weighted by Crippen LogP contribution is -2.35. The third kappa shape index (κ3) is 4.81. The zero-order valence-corrected chi connectivity index (χ0v) is 15.4. The number of nitrogens with zero attached hydrogens (tertiary/aromatic N) is 1. The first kappa shape index (κ1) is 19.7. The molecule has 1 atom stereocenters. The van der Waals surface area contributed by atoms with Gasteiger partial charge in [-0.3, -0.25) is 14.4 Å². The Balaban J connectivity index is 1.49. The van der Waals surface area contributed by atoms with Gasteiger partial charge in [-0.1, -0.05) is 12.1 Å². The van der Waals surface area contributed by atoms with Gasteiger partial charge in [-0.15, -0.1) is 0 Å². The molecule has 9 heteroatoms. The van der Waals surface area contributed by atoms with Gasteiger partial charge in [0.2, 0.25) is 6.79 Å². The highest BCUT2D eigenvalue weighted by Gasteiger charge is 2.20. The van der Waals surface area contributed by atoms with Crippen molar-refractivity contribution in [1.29, 1.82) is 5.26 Å². The summed E-state index contributed by atoms with van der Waals surface area (Å²) >= 11 is 0. The molecule has 0 saturated heterocycles. The summed E-state index contributed by atoms with van der Waals surface area (Å²) in [6.45, 7) is 1.06. The lowest BCUT2D eigenvalue weighted by molar-refractivity contribution is -0.152. The molecule has 2 N–H and O–H groups in total. The number of rotatable bonds is 6. The van der Waals surface area contributed by atoms with Gasteiger partial charge in [0.1, 0.15) is 12.6 Å². The molecule has 0 aromatic heterocycles.